The maximum atomic E-state index is 13.3. The van der Waals surface area contributed by atoms with E-state index in [-0.39, 0.29) is 17.3 Å². The highest BCUT2D eigenvalue weighted by Gasteiger charge is 2.69. The molecular formula is C22H34O4Si. The SMILES string of the molecule is CC1=C(C=O)[C@@H]2[C@@]3(O[Si](C)(C)C)C[C@@H]4CCCCC[C@]4(CC[C@]2(C)C1=O)O3. The van der Waals surface area contributed by atoms with Gasteiger partial charge in [-0.05, 0) is 63.7 Å². The van der Waals surface area contributed by atoms with Gasteiger partial charge in [-0.25, -0.2) is 0 Å². The molecule has 0 aromatic heterocycles. The van der Waals surface area contributed by atoms with E-state index in [1.54, 1.807) is 0 Å². The van der Waals surface area contributed by atoms with E-state index in [2.05, 4.69) is 26.6 Å². The minimum absolute atomic E-state index is 0.130. The Morgan fingerprint density at radius 1 is 1.15 bits per heavy atom. The Labute approximate surface area is 164 Å². The van der Waals surface area contributed by atoms with Crippen molar-refractivity contribution in [2.24, 2.45) is 17.3 Å². The van der Waals surface area contributed by atoms with Gasteiger partial charge < -0.3 is 9.16 Å². The van der Waals surface area contributed by atoms with Crippen LogP contribution >= 0.6 is 0 Å². The van der Waals surface area contributed by atoms with Crippen LogP contribution in [0.5, 0.6) is 0 Å². The quantitative estimate of drug-likeness (QED) is 0.514. The molecule has 4 aliphatic rings. The van der Waals surface area contributed by atoms with Gasteiger partial charge in [-0.1, -0.05) is 26.2 Å². The smallest absolute Gasteiger partial charge is 0.187 e. The standard InChI is InChI=1S/C22H34O4Si/c1-15-17(14-23)18-20(2,19(15)24)11-12-21-10-8-6-7-9-16(21)13-22(18,25-21)26-27(3,4)5/h14,16,18H,6-13H2,1-5H3/t16-,18-,20-,21+,22-/m0/s1. The fourth-order valence-electron chi connectivity index (χ4n) is 6.67. The number of ketones is 1. The number of ether oxygens (including phenoxy) is 1. The molecule has 1 saturated carbocycles. The molecule has 0 N–H and O–H groups in total. The Hall–Kier alpha value is -0.783. The monoisotopic (exact) mass is 390 g/mol. The summed E-state index contributed by atoms with van der Waals surface area (Å²) >= 11 is 0. The Morgan fingerprint density at radius 2 is 1.89 bits per heavy atom. The highest BCUT2D eigenvalue weighted by atomic mass is 28.4. The maximum absolute atomic E-state index is 13.3. The summed E-state index contributed by atoms with van der Waals surface area (Å²) in [6.45, 7) is 10.4. The van der Waals surface area contributed by atoms with Gasteiger partial charge >= 0.3 is 0 Å². The molecule has 4 rings (SSSR count). The molecule has 4 nitrogen and oxygen atoms in total. The second-order valence-electron chi connectivity index (χ2n) is 10.6. The number of Topliss-reactive ketones (excluding diaryl/α,β-unsaturated/α-hetero) is 1. The van der Waals surface area contributed by atoms with E-state index in [4.69, 9.17) is 9.16 Å². The molecule has 5 heteroatoms. The van der Waals surface area contributed by atoms with Gasteiger partial charge in [0.2, 0.25) is 0 Å². The highest BCUT2D eigenvalue weighted by molar-refractivity contribution is 6.69. The molecule has 3 fully saturated rings. The van der Waals surface area contributed by atoms with Gasteiger partial charge in [-0.15, -0.1) is 0 Å². The van der Waals surface area contributed by atoms with Crippen LogP contribution in [0.3, 0.4) is 0 Å². The zero-order valence-electron chi connectivity index (χ0n) is 17.5. The Balaban J connectivity index is 1.89. The van der Waals surface area contributed by atoms with Crippen molar-refractivity contribution in [3.63, 3.8) is 0 Å². The lowest BCUT2D eigenvalue weighted by molar-refractivity contribution is -0.237. The molecular weight excluding hydrogens is 356 g/mol. The number of fused-ring (bicyclic) bond motifs is 3. The van der Waals surface area contributed by atoms with Gasteiger partial charge in [-0.2, -0.15) is 0 Å². The van der Waals surface area contributed by atoms with E-state index >= 15 is 0 Å². The normalized spacial score (nSPS) is 44.6. The molecule has 0 aromatic rings. The molecule has 27 heavy (non-hydrogen) atoms. The van der Waals surface area contributed by atoms with Gasteiger partial charge in [0, 0.05) is 17.4 Å². The van der Waals surface area contributed by atoms with Crippen molar-refractivity contribution in [2.45, 2.75) is 96.2 Å². The predicted octanol–water partition coefficient (Wildman–Crippen LogP) is 4.79. The minimum Gasteiger partial charge on any atom is -0.390 e. The molecule has 5 atom stereocenters. The van der Waals surface area contributed by atoms with Gasteiger partial charge in [0.25, 0.3) is 0 Å². The topological polar surface area (TPSA) is 52.6 Å². The zero-order chi connectivity index (χ0) is 19.7. The number of hydrogen-bond donors (Lipinski definition) is 0. The van der Waals surface area contributed by atoms with Crippen molar-refractivity contribution in [3.05, 3.63) is 11.1 Å². The first kappa shape index (κ1) is 19.5. The van der Waals surface area contributed by atoms with Gasteiger partial charge in [0.15, 0.2) is 19.9 Å². The molecule has 2 heterocycles. The third kappa shape index (κ3) is 2.76. The molecule has 2 aliphatic carbocycles. The number of carbonyl (C=O) groups is 2. The van der Waals surface area contributed by atoms with Crippen molar-refractivity contribution in [3.8, 4) is 0 Å². The van der Waals surface area contributed by atoms with Crippen molar-refractivity contribution >= 4 is 20.4 Å². The number of allylic oxidation sites excluding steroid dienone is 1. The summed E-state index contributed by atoms with van der Waals surface area (Å²) < 4.78 is 13.9. The second-order valence-corrected chi connectivity index (χ2v) is 15.0. The van der Waals surface area contributed by atoms with Crippen LogP contribution in [0.2, 0.25) is 19.6 Å². The van der Waals surface area contributed by atoms with Crippen LogP contribution in [-0.2, 0) is 18.8 Å². The number of carbonyl (C=O) groups excluding carboxylic acids is 2. The van der Waals surface area contributed by atoms with Crippen molar-refractivity contribution in [1.82, 2.24) is 0 Å². The summed E-state index contributed by atoms with van der Waals surface area (Å²) in [6.07, 6.45) is 9.37. The van der Waals surface area contributed by atoms with Gasteiger partial charge in [-0.3, -0.25) is 9.59 Å². The minimum atomic E-state index is -1.97. The summed E-state index contributed by atoms with van der Waals surface area (Å²) in [5, 5.41) is 0. The summed E-state index contributed by atoms with van der Waals surface area (Å²) in [5.74, 6) is -0.481. The Kier molecular flexibility index (Phi) is 4.42. The van der Waals surface area contributed by atoms with E-state index in [1.807, 2.05) is 6.92 Å². The van der Waals surface area contributed by atoms with E-state index < -0.39 is 19.5 Å². The summed E-state index contributed by atoms with van der Waals surface area (Å²) in [7, 11) is -1.97. The molecule has 2 saturated heterocycles. The fraction of sp³-hybridized carbons (Fsp3) is 0.818. The zero-order valence-corrected chi connectivity index (χ0v) is 18.5. The van der Waals surface area contributed by atoms with Crippen LogP contribution in [0.25, 0.3) is 0 Å². The van der Waals surface area contributed by atoms with Gasteiger partial charge in [0.05, 0.1) is 11.5 Å². The lowest BCUT2D eigenvalue weighted by Crippen LogP contribution is -2.53. The first-order valence-corrected chi connectivity index (χ1v) is 14.1. The highest BCUT2D eigenvalue weighted by Crippen LogP contribution is 2.65. The number of hydrogen-bond acceptors (Lipinski definition) is 4. The Morgan fingerprint density at radius 3 is 2.56 bits per heavy atom. The van der Waals surface area contributed by atoms with E-state index in [0.29, 0.717) is 17.1 Å². The van der Waals surface area contributed by atoms with Crippen LogP contribution in [0.15, 0.2) is 11.1 Å². The molecule has 0 aromatic carbocycles. The first-order valence-electron chi connectivity index (χ1n) is 10.7. The summed E-state index contributed by atoms with van der Waals surface area (Å²) in [6, 6.07) is 0. The molecule has 0 radical (unpaired) electrons. The van der Waals surface area contributed by atoms with Gasteiger partial charge in [0.1, 0.15) is 6.29 Å². The first-order chi connectivity index (χ1) is 12.6. The van der Waals surface area contributed by atoms with Crippen molar-refractivity contribution in [1.29, 1.82) is 0 Å². The fourth-order valence-corrected chi connectivity index (χ4v) is 7.94. The van der Waals surface area contributed by atoms with Crippen LogP contribution in [0.4, 0.5) is 0 Å². The predicted molar refractivity (Wildman–Crippen MR) is 107 cm³/mol. The Bertz CT molecular complexity index is 708. The maximum Gasteiger partial charge on any atom is 0.187 e. The van der Waals surface area contributed by atoms with Crippen molar-refractivity contribution in [2.75, 3.05) is 0 Å². The number of rotatable bonds is 3. The lowest BCUT2D eigenvalue weighted by atomic mass is 9.63. The van der Waals surface area contributed by atoms with Crippen LogP contribution in [-0.4, -0.2) is 31.8 Å². The van der Waals surface area contributed by atoms with E-state index in [9.17, 15) is 9.59 Å². The second kappa shape index (κ2) is 6.11. The van der Waals surface area contributed by atoms with E-state index in [0.717, 1.165) is 32.0 Å². The molecule has 2 bridgehead atoms. The van der Waals surface area contributed by atoms with Crippen LogP contribution < -0.4 is 0 Å². The van der Waals surface area contributed by atoms with E-state index in [1.165, 1.54) is 25.7 Å². The third-order valence-corrected chi connectivity index (χ3v) is 8.62. The van der Waals surface area contributed by atoms with Crippen LogP contribution in [0.1, 0.15) is 65.2 Å². The lowest BCUT2D eigenvalue weighted by Gasteiger charge is -2.45. The summed E-state index contributed by atoms with van der Waals surface area (Å²) in [4.78, 5) is 25.4. The average Bonchev–Trinajstić information content (AvgIpc) is 2.82. The molecule has 1 spiro atoms. The molecule has 150 valence electrons. The van der Waals surface area contributed by atoms with Crippen LogP contribution in [0, 0.1) is 17.3 Å². The average molecular weight is 391 g/mol. The molecule has 0 amide bonds. The number of aldehydes is 1. The van der Waals surface area contributed by atoms with Crippen molar-refractivity contribution < 1.29 is 18.8 Å². The molecule has 0 unspecified atom stereocenters. The third-order valence-electron chi connectivity index (χ3n) is 7.66. The largest absolute Gasteiger partial charge is 0.390 e. The molecule has 2 aliphatic heterocycles. The summed E-state index contributed by atoms with van der Waals surface area (Å²) in [5.41, 5.74) is 0.504.